The molecular formula is C18H19Cl2N5O3S. The van der Waals surface area contributed by atoms with Crippen LogP contribution in [0, 0.1) is 0 Å². The number of hydrogen-bond donors (Lipinski definition) is 2. The van der Waals surface area contributed by atoms with Gasteiger partial charge in [-0.05, 0) is 25.0 Å². The Morgan fingerprint density at radius 3 is 2.55 bits per heavy atom. The summed E-state index contributed by atoms with van der Waals surface area (Å²) in [6.45, 7) is 0. The summed E-state index contributed by atoms with van der Waals surface area (Å²) < 4.78 is 24.1. The standard InChI is InChI=1S/C18H18ClN5O3S.ClH/c19-15-4-2-1-3-13(15)14-9-11-10-21-18(23-16(11)24(20)17(14)25)22-12-5-7-28(26,27)8-6-12;/h1-4,9-10,12H,5-8,20H2,(H,21,22,23);1H. The summed E-state index contributed by atoms with van der Waals surface area (Å²) in [4.78, 5) is 21.4. The molecule has 0 spiro atoms. The van der Waals surface area contributed by atoms with Crippen LogP contribution in [0.3, 0.4) is 0 Å². The first-order valence-electron chi connectivity index (χ1n) is 8.74. The highest BCUT2D eigenvalue weighted by Gasteiger charge is 2.24. The second-order valence-electron chi connectivity index (χ2n) is 6.76. The third-order valence-corrected chi connectivity index (χ3v) is 6.87. The van der Waals surface area contributed by atoms with Gasteiger partial charge in [-0.3, -0.25) is 4.79 Å². The van der Waals surface area contributed by atoms with E-state index in [0.717, 1.165) is 4.68 Å². The Labute approximate surface area is 178 Å². The topological polar surface area (TPSA) is 120 Å². The number of benzene rings is 1. The van der Waals surface area contributed by atoms with Crippen LogP contribution in [0.25, 0.3) is 22.2 Å². The van der Waals surface area contributed by atoms with Crippen molar-refractivity contribution in [1.82, 2.24) is 14.6 Å². The number of aromatic nitrogens is 3. The molecule has 3 N–H and O–H groups in total. The van der Waals surface area contributed by atoms with Crippen LogP contribution in [0.5, 0.6) is 0 Å². The maximum atomic E-state index is 12.7. The summed E-state index contributed by atoms with van der Waals surface area (Å²) in [6, 6.07) is 8.65. The van der Waals surface area contributed by atoms with Crippen molar-refractivity contribution in [2.45, 2.75) is 18.9 Å². The molecule has 3 heterocycles. The molecule has 2 aromatic heterocycles. The number of nitrogen functional groups attached to an aromatic ring is 1. The first-order valence-corrected chi connectivity index (χ1v) is 10.9. The lowest BCUT2D eigenvalue weighted by Gasteiger charge is -2.23. The van der Waals surface area contributed by atoms with Crippen molar-refractivity contribution < 1.29 is 8.42 Å². The van der Waals surface area contributed by atoms with Gasteiger partial charge in [-0.15, -0.1) is 12.4 Å². The molecular weight excluding hydrogens is 437 g/mol. The first kappa shape index (κ1) is 21.4. The maximum absolute atomic E-state index is 12.7. The molecule has 11 heteroatoms. The smallest absolute Gasteiger partial charge is 0.278 e. The van der Waals surface area contributed by atoms with E-state index in [-0.39, 0.29) is 35.6 Å². The van der Waals surface area contributed by atoms with Gasteiger partial charge in [-0.2, -0.15) is 4.98 Å². The van der Waals surface area contributed by atoms with Gasteiger partial charge in [0.1, 0.15) is 9.84 Å². The molecule has 8 nitrogen and oxygen atoms in total. The van der Waals surface area contributed by atoms with Crippen molar-refractivity contribution in [3.8, 4) is 11.1 Å². The summed E-state index contributed by atoms with van der Waals surface area (Å²) in [5, 5.41) is 4.18. The largest absolute Gasteiger partial charge is 0.351 e. The van der Waals surface area contributed by atoms with Crippen molar-refractivity contribution in [2.75, 3.05) is 22.7 Å². The van der Waals surface area contributed by atoms with Crippen LogP contribution in [0.2, 0.25) is 5.02 Å². The second-order valence-corrected chi connectivity index (χ2v) is 9.47. The Hall–Kier alpha value is -2.36. The first-order chi connectivity index (χ1) is 13.3. The zero-order valence-corrected chi connectivity index (χ0v) is 17.6. The monoisotopic (exact) mass is 455 g/mol. The SMILES string of the molecule is Cl.Nn1c(=O)c(-c2ccccc2Cl)cc2cnc(NC3CCS(=O)(=O)CC3)nc21. The van der Waals surface area contributed by atoms with E-state index in [9.17, 15) is 13.2 Å². The zero-order chi connectivity index (χ0) is 19.9. The molecule has 0 amide bonds. The molecule has 0 aliphatic carbocycles. The summed E-state index contributed by atoms with van der Waals surface area (Å²) in [6.07, 6.45) is 2.56. The molecule has 3 aromatic rings. The summed E-state index contributed by atoms with van der Waals surface area (Å²) >= 11 is 6.22. The van der Waals surface area contributed by atoms with Gasteiger partial charge in [-0.25, -0.2) is 18.1 Å². The fourth-order valence-corrected chi connectivity index (χ4v) is 5.01. The van der Waals surface area contributed by atoms with E-state index in [4.69, 9.17) is 17.4 Å². The molecule has 1 fully saturated rings. The zero-order valence-electron chi connectivity index (χ0n) is 15.2. The highest BCUT2D eigenvalue weighted by Crippen LogP contribution is 2.27. The summed E-state index contributed by atoms with van der Waals surface area (Å²) in [7, 11) is -2.95. The van der Waals surface area contributed by atoms with Crippen LogP contribution in [0.15, 0.2) is 41.3 Å². The molecule has 0 saturated carbocycles. The molecule has 1 aliphatic rings. The Bertz CT molecular complexity index is 1220. The number of halogens is 2. The van der Waals surface area contributed by atoms with Crippen molar-refractivity contribution in [1.29, 1.82) is 0 Å². The third kappa shape index (κ3) is 4.31. The number of pyridine rings is 1. The van der Waals surface area contributed by atoms with Crippen LogP contribution in [-0.4, -0.2) is 40.6 Å². The van der Waals surface area contributed by atoms with E-state index < -0.39 is 15.4 Å². The molecule has 154 valence electrons. The van der Waals surface area contributed by atoms with Gasteiger partial charge < -0.3 is 11.2 Å². The number of nitrogens with one attached hydrogen (secondary N) is 1. The van der Waals surface area contributed by atoms with E-state index in [2.05, 4.69) is 15.3 Å². The molecule has 0 bridgehead atoms. The summed E-state index contributed by atoms with van der Waals surface area (Å²) in [5.41, 5.74) is 0.805. The van der Waals surface area contributed by atoms with Crippen LogP contribution in [0.4, 0.5) is 5.95 Å². The predicted octanol–water partition coefficient (Wildman–Crippen LogP) is 2.24. The van der Waals surface area contributed by atoms with E-state index in [1.165, 1.54) is 0 Å². The number of nitrogens with zero attached hydrogens (tertiary/aromatic N) is 3. The van der Waals surface area contributed by atoms with E-state index in [0.29, 0.717) is 40.3 Å². The molecule has 1 aliphatic heterocycles. The normalized spacial score (nSPS) is 16.3. The molecule has 1 saturated heterocycles. The van der Waals surface area contributed by atoms with E-state index in [1.807, 2.05) is 0 Å². The van der Waals surface area contributed by atoms with Gasteiger partial charge in [0.15, 0.2) is 5.65 Å². The van der Waals surface area contributed by atoms with E-state index in [1.54, 1.807) is 36.5 Å². The lowest BCUT2D eigenvalue weighted by molar-refractivity contribution is 0.558. The molecule has 0 unspecified atom stereocenters. The minimum absolute atomic E-state index is 0. The second kappa shape index (κ2) is 8.17. The lowest BCUT2D eigenvalue weighted by Crippen LogP contribution is -2.33. The van der Waals surface area contributed by atoms with Crippen molar-refractivity contribution in [3.05, 3.63) is 51.9 Å². The van der Waals surface area contributed by atoms with Crippen LogP contribution in [0.1, 0.15) is 12.8 Å². The molecule has 0 radical (unpaired) electrons. The number of nitrogens with two attached hydrogens (primary N) is 1. The van der Waals surface area contributed by atoms with Crippen LogP contribution < -0.4 is 16.7 Å². The maximum Gasteiger partial charge on any atom is 0.278 e. The molecule has 29 heavy (non-hydrogen) atoms. The third-order valence-electron chi connectivity index (χ3n) is 4.83. The van der Waals surface area contributed by atoms with Gasteiger partial charge in [0, 0.05) is 28.2 Å². The number of rotatable bonds is 3. The van der Waals surface area contributed by atoms with Crippen molar-refractivity contribution in [3.63, 3.8) is 0 Å². The highest BCUT2D eigenvalue weighted by molar-refractivity contribution is 7.91. The van der Waals surface area contributed by atoms with Gasteiger partial charge in [-0.1, -0.05) is 29.8 Å². The lowest BCUT2D eigenvalue weighted by atomic mass is 10.1. The Balaban J connectivity index is 0.00000240. The quantitative estimate of drug-likeness (QED) is 0.580. The fraction of sp³-hybridized carbons (Fsp3) is 0.278. The minimum Gasteiger partial charge on any atom is -0.351 e. The van der Waals surface area contributed by atoms with E-state index >= 15 is 0 Å². The number of sulfone groups is 1. The van der Waals surface area contributed by atoms with Gasteiger partial charge in [0.2, 0.25) is 5.95 Å². The molecule has 1 aromatic carbocycles. The van der Waals surface area contributed by atoms with Crippen molar-refractivity contribution in [2.24, 2.45) is 0 Å². The molecule has 4 rings (SSSR count). The number of fused-ring (bicyclic) bond motifs is 1. The number of hydrogen-bond acceptors (Lipinski definition) is 7. The average Bonchev–Trinajstić information content (AvgIpc) is 2.67. The van der Waals surface area contributed by atoms with Gasteiger partial charge in [0.25, 0.3) is 5.56 Å². The predicted molar refractivity (Wildman–Crippen MR) is 117 cm³/mol. The number of anilines is 1. The highest BCUT2D eigenvalue weighted by atomic mass is 35.5. The minimum atomic E-state index is -2.95. The van der Waals surface area contributed by atoms with Gasteiger partial charge >= 0.3 is 0 Å². The summed E-state index contributed by atoms with van der Waals surface area (Å²) in [5.74, 6) is 6.59. The fourth-order valence-electron chi connectivity index (χ4n) is 3.28. The van der Waals surface area contributed by atoms with Crippen molar-refractivity contribution >= 4 is 50.8 Å². The Morgan fingerprint density at radius 1 is 1.17 bits per heavy atom. The Morgan fingerprint density at radius 2 is 1.86 bits per heavy atom. The molecule has 0 atom stereocenters. The Kier molecular flexibility index (Phi) is 6.02. The van der Waals surface area contributed by atoms with Crippen LogP contribution >= 0.6 is 24.0 Å². The van der Waals surface area contributed by atoms with Gasteiger partial charge in [0.05, 0.1) is 17.1 Å². The van der Waals surface area contributed by atoms with Crippen LogP contribution in [-0.2, 0) is 9.84 Å². The average molecular weight is 456 g/mol.